The quantitative estimate of drug-likeness (QED) is 0.538. The molecule has 0 spiro atoms. The van der Waals surface area contributed by atoms with Crippen molar-refractivity contribution in [2.75, 3.05) is 26.6 Å². The number of hydrogen-bond acceptors (Lipinski definition) is 6. The zero-order valence-electron chi connectivity index (χ0n) is 18.7. The smallest absolute Gasteiger partial charge is 0.261 e. The Morgan fingerprint density at radius 3 is 2.47 bits per heavy atom. The van der Waals surface area contributed by atoms with E-state index in [1.807, 2.05) is 35.7 Å². The van der Waals surface area contributed by atoms with E-state index in [9.17, 15) is 9.59 Å². The first kappa shape index (κ1) is 22.4. The van der Waals surface area contributed by atoms with Crippen LogP contribution in [0.15, 0.2) is 60.0 Å². The molecular formula is C26H26N2O5S. The zero-order chi connectivity index (χ0) is 23.4. The summed E-state index contributed by atoms with van der Waals surface area (Å²) in [5.41, 5.74) is 2.42. The molecule has 2 aliphatic heterocycles. The fourth-order valence-electron chi connectivity index (χ4n) is 4.36. The Morgan fingerprint density at radius 2 is 1.71 bits per heavy atom. The Kier molecular flexibility index (Phi) is 6.51. The summed E-state index contributed by atoms with van der Waals surface area (Å²) in [6.07, 6.45) is 1.63. The summed E-state index contributed by atoms with van der Waals surface area (Å²) >= 11 is 1.41. The SMILES string of the molecule is O=C(NCC1(c2ccc3c(c2)OCO3)CCOCC1)c1ccc(CNC(=O)c2cccs2)cc1. The Hall–Kier alpha value is -3.36. The molecule has 0 saturated carbocycles. The van der Waals surface area contributed by atoms with Crippen LogP contribution in [0, 0.1) is 0 Å². The molecule has 2 aromatic carbocycles. The number of amides is 2. The Bertz CT molecular complexity index is 1150. The third-order valence-corrected chi connectivity index (χ3v) is 7.30. The molecule has 1 saturated heterocycles. The van der Waals surface area contributed by atoms with Crippen molar-refractivity contribution in [2.24, 2.45) is 0 Å². The molecular weight excluding hydrogens is 452 g/mol. The van der Waals surface area contributed by atoms with E-state index in [-0.39, 0.29) is 24.0 Å². The largest absolute Gasteiger partial charge is 0.454 e. The van der Waals surface area contributed by atoms with Gasteiger partial charge in [-0.05, 0) is 59.7 Å². The second-order valence-electron chi connectivity index (χ2n) is 8.50. The van der Waals surface area contributed by atoms with E-state index in [0.29, 0.717) is 36.7 Å². The molecule has 0 bridgehead atoms. The minimum Gasteiger partial charge on any atom is -0.454 e. The van der Waals surface area contributed by atoms with E-state index in [2.05, 4.69) is 16.7 Å². The first-order valence-electron chi connectivity index (χ1n) is 11.3. The number of carbonyl (C=O) groups is 2. The molecule has 5 rings (SSSR count). The monoisotopic (exact) mass is 478 g/mol. The fourth-order valence-corrected chi connectivity index (χ4v) is 5.00. The molecule has 0 aliphatic carbocycles. The number of hydrogen-bond donors (Lipinski definition) is 2. The lowest BCUT2D eigenvalue weighted by molar-refractivity contribution is 0.0486. The highest BCUT2D eigenvalue weighted by atomic mass is 32.1. The number of benzene rings is 2. The minimum absolute atomic E-state index is 0.0953. The molecule has 0 radical (unpaired) electrons. The van der Waals surface area contributed by atoms with Crippen LogP contribution in [0.4, 0.5) is 0 Å². The van der Waals surface area contributed by atoms with Gasteiger partial charge < -0.3 is 24.8 Å². The van der Waals surface area contributed by atoms with Crippen LogP contribution in [0.2, 0.25) is 0 Å². The summed E-state index contributed by atoms with van der Waals surface area (Å²) in [7, 11) is 0. The van der Waals surface area contributed by atoms with Crippen LogP contribution in [-0.4, -0.2) is 38.4 Å². The van der Waals surface area contributed by atoms with E-state index in [1.165, 1.54) is 11.3 Å². The van der Waals surface area contributed by atoms with Crippen LogP contribution in [0.1, 0.15) is 44.0 Å². The zero-order valence-corrected chi connectivity index (χ0v) is 19.5. The van der Waals surface area contributed by atoms with Gasteiger partial charge in [0.1, 0.15) is 0 Å². The highest BCUT2D eigenvalue weighted by Gasteiger charge is 2.36. The lowest BCUT2D eigenvalue weighted by Crippen LogP contribution is -2.44. The molecule has 1 fully saturated rings. The molecule has 7 nitrogen and oxygen atoms in total. The summed E-state index contributed by atoms with van der Waals surface area (Å²) in [5, 5.41) is 7.90. The molecule has 3 heterocycles. The summed E-state index contributed by atoms with van der Waals surface area (Å²) in [6.45, 7) is 2.45. The van der Waals surface area contributed by atoms with Crippen molar-refractivity contribution in [2.45, 2.75) is 24.8 Å². The lowest BCUT2D eigenvalue weighted by atomic mass is 9.74. The highest BCUT2D eigenvalue weighted by molar-refractivity contribution is 7.12. The number of thiophene rings is 1. The maximum Gasteiger partial charge on any atom is 0.261 e. The maximum atomic E-state index is 12.9. The molecule has 176 valence electrons. The predicted octanol–water partition coefficient (Wildman–Crippen LogP) is 3.89. The minimum atomic E-state index is -0.221. The van der Waals surface area contributed by atoms with E-state index in [0.717, 1.165) is 35.5 Å². The molecule has 34 heavy (non-hydrogen) atoms. The summed E-state index contributed by atoms with van der Waals surface area (Å²) in [5.74, 6) is 1.28. The van der Waals surface area contributed by atoms with Crippen molar-refractivity contribution in [1.82, 2.24) is 10.6 Å². The Morgan fingerprint density at radius 1 is 0.912 bits per heavy atom. The number of fused-ring (bicyclic) bond motifs is 1. The van der Waals surface area contributed by atoms with Gasteiger partial charge in [-0.15, -0.1) is 11.3 Å². The van der Waals surface area contributed by atoms with Crippen LogP contribution >= 0.6 is 11.3 Å². The average Bonchev–Trinajstić information content (AvgIpc) is 3.59. The second kappa shape index (κ2) is 9.87. The van der Waals surface area contributed by atoms with E-state index < -0.39 is 0 Å². The highest BCUT2D eigenvalue weighted by Crippen LogP contribution is 2.40. The standard InChI is InChI=1S/C26H26N2O5S/c29-24(19-5-3-18(4-6-19)15-27-25(30)23-2-1-13-34-23)28-16-26(9-11-31-12-10-26)20-7-8-21-22(14-20)33-17-32-21/h1-8,13-14H,9-12,15-17H2,(H,27,30)(H,28,29). The van der Waals surface area contributed by atoms with Crippen LogP contribution in [0.3, 0.4) is 0 Å². The van der Waals surface area contributed by atoms with Crippen LogP contribution in [-0.2, 0) is 16.7 Å². The molecule has 2 N–H and O–H groups in total. The van der Waals surface area contributed by atoms with Gasteiger partial charge in [0.2, 0.25) is 6.79 Å². The lowest BCUT2D eigenvalue weighted by Gasteiger charge is -2.38. The van der Waals surface area contributed by atoms with Crippen molar-refractivity contribution < 1.29 is 23.8 Å². The van der Waals surface area contributed by atoms with Crippen molar-refractivity contribution in [3.05, 3.63) is 81.5 Å². The fraction of sp³-hybridized carbons (Fsp3) is 0.308. The summed E-state index contributed by atoms with van der Waals surface area (Å²) in [6, 6.07) is 17.0. The van der Waals surface area contributed by atoms with E-state index in [1.54, 1.807) is 18.2 Å². The van der Waals surface area contributed by atoms with Gasteiger partial charge in [0.25, 0.3) is 11.8 Å². The molecule has 1 aromatic heterocycles. The van der Waals surface area contributed by atoms with Gasteiger partial charge in [0.05, 0.1) is 4.88 Å². The molecule has 2 amide bonds. The van der Waals surface area contributed by atoms with Crippen molar-refractivity contribution in [3.8, 4) is 11.5 Å². The first-order valence-corrected chi connectivity index (χ1v) is 12.2. The Labute approximate surface area is 202 Å². The van der Waals surface area contributed by atoms with Crippen LogP contribution < -0.4 is 20.1 Å². The molecule has 0 unspecified atom stereocenters. The van der Waals surface area contributed by atoms with Gasteiger partial charge in [0.15, 0.2) is 11.5 Å². The predicted molar refractivity (Wildman–Crippen MR) is 129 cm³/mol. The Balaban J connectivity index is 1.22. The molecule has 8 heteroatoms. The first-order chi connectivity index (χ1) is 16.6. The van der Waals surface area contributed by atoms with Crippen molar-refractivity contribution in [1.29, 1.82) is 0 Å². The number of carbonyl (C=O) groups excluding carboxylic acids is 2. The number of rotatable bonds is 7. The van der Waals surface area contributed by atoms with E-state index >= 15 is 0 Å². The third-order valence-electron chi connectivity index (χ3n) is 6.44. The van der Waals surface area contributed by atoms with Gasteiger partial charge in [-0.1, -0.05) is 24.3 Å². The van der Waals surface area contributed by atoms with Gasteiger partial charge in [-0.3, -0.25) is 9.59 Å². The second-order valence-corrected chi connectivity index (χ2v) is 9.45. The molecule has 3 aromatic rings. The average molecular weight is 479 g/mol. The molecule has 0 atom stereocenters. The van der Waals surface area contributed by atoms with Gasteiger partial charge >= 0.3 is 0 Å². The van der Waals surface area contributed by atoms with Crippen LogP contribution in [0.5, 0.6) is 11.5 Å². The summed E-state index contributed by atoms with van der Waals surface area (Å²) < 4.78 is 16.6. The number of ether oxygens (including phenoxy) is 3. The van der Waals surface area contributed by atoms with Crippen LogP contribution in [0.25, 0.3) is 0 Å². The van der Waals surface area contributed by atoms with Gasteiger partial charge in [-0.25, -0.2) is 0 Å². The third kappa shape index (κ3) is 4.78. The van der Waals surface area contributed by atoms with Gasteiger partial charge in [0, 0.05) is 37.3 Å². The molecule has 2 aliphatic rings. The summed E-state index contributed by atoms with van der Waals surface area (Å²) in [4.78, 5) is 25.7. The van der Waals surface area contributed by atoms with Crippen molar-refractivity contribution >= 4 is 23.2 Å². The van der Waals surface area contributed by atoms with Gasteiger partial charge in [-0.2, -0.15) is 0 Å². The van der Waals surface area contributed by atoms with Crippen molar-refractivity contribution in [3.63, 3.8) is 0 Å². The number of nitrogens with one attached hydrogen (secondary N) is 2. The maximum absolute atomic E-state index is 12.9. The topological polar surface area (TPSA) is 85.9 Å². The van der Waals surface area contributed by atoms with E-state index in [4.69, 9.17) is 14.2 Å². The normalized spacial score (nSPS) is 16.1.